The number of anilines is 1. The Hall–Kier alpha value is -0.670. The van der Waals surface area contributed by atoms with Crippen molar-refractivity contribution in [3.63, 3.8) is 0 Å². The third-order valence-electron chi connectivity index (χ3n) is 1.49. The molecule has 0 aliphatic rings. The Labute approximate surface area is 72.0 Å². The van der Waals surface area contributed by atoms with Crippen molar-refractivity contribution in [2.24, 2.45) is 5.73 Å². The zero-order valence-electron chi connectivity index (χ0n) is 6.25. The Morgan fingerprint density at radius 2 is 1.82 bits per heavy atom. The summed E-state index contributed by atoms with van der Waals surface area (Å²) in [5, 5.41) is 0. The number of benzene rings is 1. The average molecular weight is 168 g/mol. The van der Waals surface area contributed by atoms with E-state index in [1.807, 2.05) is 18.2 Å². The van der Waals surface area contributed by atoms with Crippen molar-refractivity contribution < 1.29 is 0 Å². The van der Waals surface area contributed by atoms with Gasteiger partial charge in [0.05, 0.1) is 0 Å². The van der Waals surface area contributed by atoms with Crippen LogP contribution in [-0.4, -0.2) is 0 Å². The maximum absolute atomic E-state index is 5.62. The smallest absolute Gasteiger partial charge is 0.0320 e. The van der Waals surface area contributed by atoms with Gasteiger partial charge in [-0.2, -0.15) is 12.6 Å². The molecule has 0 radical (unpaired) electrons. The highest BCUT2D eigenvalue weighted by molar-refractivity contribution is 7.79. The fourth-order valence-corrected chi connectivity index (χ4v) is 1.18. The minimum atomic E-state index is 0.534. The molecule has 1 rings (SSSR count). The molecular weight excluding hydrogens is 156 g/mol. The third kappa shape index (κ3) is 2.13. The van der Waals surface area contributed by atoms with Gasteiger partial charge in [0.15, 0.2) is 0 Å². The molecule has 1 aromatic carbocycles. The Morgan fingerprint density at radius 1 is 1.18 bits per heavy atom. The van der Waals surface area contributed by atoms with E-state index in [0.717, 1.165) is 16.8 Å². The molecule has 0 aliphatic carbocycles. The van der Waals surface area contributed by atoms with Gasteiger partial charge in [-0.3, -0.25) is 0 Å². The predicted octanol–water partition coefficient (Wildman–Crippen LogP) is 1.16. The second kappa shape index (κ2) is 3.64. The number of nitrogen functional groups attached to an aromatic ring is 1. The minimum absolute atomic E-state index is 0.534. The lowest BCUT2D eigenvalue weighted by Crippen LogP contribution is -1.98. The summed E-state index contributed by atoms with van der Waals surface area (Å²) in [5.74, 6) is 0.706. The lowest BCUT2D eigenvalue weighted by molar-refractivity contribution is 1.07. The molecule has 0 saturated heterocycles. The zero-order chi connectivity index (χ0) is 8.27. The Bertz CT molecular complexity index is 226. The summed E-state index contributed by atoms with van der Waals surface area (Å²) < 4.78 is 0. The molecular formula is C8H12N2S. The number of hydrogen-bond acceptors (Lipinski definition) is 3. The van der Waals surface area contributed by atoms with Gasteiger partial charge in [-0.1, -0.05) is 6.07 Å². The lowest BCUT2D eigenvalue weighted by atomic mass is 10.1. The van der Waals surface area contributed by atoms with Crippen LogP contribution in [0.4, 0.5) is 5.69 Å². The van der Waals surface area contributed by atoms with Crippen molar-refractivity contribution in [1.29, 1.82) is 0 Å². The molecule has 0 saturated carbocycles. The quantitative estimate of drug-likeness (QED) is 0.458. The molecule has 3 heteroatoms. The molecule has 0 fully saturated rings. The molecule has 0 atom stereocenters. The van der Waals surface area contributed by atoms with E-state index in [0.29, 0.717) is 12.3 Å². The highest BCUT2D eigenvalue weighted by Crippen LogP contribution is 2.12. The molecule has 2 nitrogen and oxygen atoms in total. The first-order chi connectivity index (χ1) is 5.26. The topological polar surface area (TPSA) is 52.0 Å². The number of rotatable bonds is 2. The van der Waals surface area contributed by atoms with Crippen molar-refractivity contribution in [2.75, 3.05) is 5.73 Å². The van der Waals surface area contributed by atoms with Crippen LogP contribution < -0.4 is 11.5 Å². The Balaban J connectivity index is 3.02. The van der Waals surface area contributed by atoms with E-state index in [1.54, 1.807) is 0 Å². The van der Waals surface area contributed by atoms with E-state index in [1.165, 1.54) is 0 Å². The van der Waals surface area contributed by atoms with Crippen LogP contribution in [0.15, 0.2) is 18.2 Å². The number of nitrogens with two attached hydrogens (primary N) is 2. The summed E-state index contributed by atoms with van der Waals surface area (Å²) in [6.07, 6.45) is 0. The zero-order valence-corrected chi connectivity index (χ0v) is 7.14. The van der Waals surface area contributed by atoms with E-state index in [4.69, 9.17) is 11.5 Å². The fraction of sp³-hybridized carbons (Fsp3) is 0.250. The van der Waals surface area contributed by atoms with Gasteiger partial charge in [-0.25, -0.2) is 0 Å². The lowest BCUT2D eigenvalue weighted by Gasteiger charge is -2.02. The highest BCUT2D eigenvalue weighted by atomic mass is 32.1. The first kappa shape index (κ1) is 8.43. The van der Waals surface area contributed by atoms with Crippen LogP contribution in [0.25, 0.3) is 0 Å². The Kier molecular flexibility index (Phi) is 2.79. The monoisotopic (exact) mass is 168 g/mol. The van der Waals surface area contributed by atoms with Crippen LogP contribution in [0.1, 0.15) is 11.1 Å². The van der Waals surface area contributed by atoms with Gasteiger partial charge in [0.25, 0.3) is 0 Å². The second-order valence-electron chi connectivity index (χ2n) is 2.45. The fourth-order valence-electron chi connectivity index (χ4n) is 1.00. The normalized spacial score (nSPS) is 10.0. The molecule has 60 valence electrons. The van der Waals surface area contributed by atoms with Gasteiger partial charge in [0.1, 0.15) is 0 Å². The van der Waals surface area contributed by atoms with E-state index >= 15 is 0 Å². The van der Waals surface area contributed by atoms with E-state index < -0.39 is 0 Å². The molecule has 0 aromatic heterocycles. The largest absolute Gasteiger partial charge is 0.399 e. The summed E-state index contributed by atoms with van der Waals surface area (Å²) in [5.41, 5.74) is 14.0. The molecule has 4 N–H and O–H groups in total. The molecule has 0 unspecified atom stereocenters. The number of thiol groups is 1. The summed E-state index contributed by atoms with van der Waals surface area (Å²) in [7, 11) is 0. The van der Waals surface area contributed by atoms with Crippen LogP contribution in [0.2, 0.25) is 0 Å². The Morgan fingerprint density at radius 3 is 2.36 bits per heavy atom. The van der Waals surface area contributed by atoms with Gasteiger partial charge in [-0.05, 0) is 23.3 Å². The minimum Gasteiger partial charge on any atom is -0.399 e. The second-order valence-corrected chi connectivity index (χ2v) is 2.76. The summed E-state index contributed by atoms with van der Waals surface area (Å²) in [6.45, 7) is 0.534. The van der Waals surface area contributed by atoms with Gasteiger partial charge >= 0.3 is 0 Å². The standard InChI is InChI=1S/C8H12N2S/c9-4-6-1-7(5-11)3-8(10)2-6/h1-3,11H,4-5,9-10H2. The summed E-state index contributed by atoms with van der Waals surface area (Å²) >= 11 is 4.15. The first-order valence-electron chi connectivity index (χ1n) is 3.45. The maximum Gasteiger partial charge on any atom is 0.0320 e. The molecule has 0 bridgehead atoms. The van der Waals surface area contributed by atoms with Crippen LogP contribution in [-0.2, 0) is 12.3 Å². The molecule has 1 aromatic rings. The van der Waals surface area contributed by atoms with Crippen LogP contribution >= 0.6 is 12.6 Å². The maximum atomic E-state index is 5.62. The van der Waals surface area contributed by atoms with Crippen molar-refractivity contribution in [3.8, 4) is 0 Å². The van der Waals surface area contributed by atoms with Gasteiger partial charge < -0.3 is 11.5 Å². The summed E-state index contributed by atoms with van der Waals surface area (Å²) in [4.78, 5) is 0. The first-order valence-corrected chi connectivity index (χ1v) is 4.08. The van der Waals surface area contributed by atoms with Gasteiger partial charge in [0.2, 0.25) is 0 Å². The van der Waals surface area contributed by atoms with Gasteiger partial charge in [-0.15, -0.1) is 0 Å². The molecule has 0 spiro atoms. The van der Waals surface area contributed by atoms with Crippen LogP contribution in [0, 0.1) is 0 Å². The molecule has 0 heterocycles. The third-order valence-corrected chi connectivity index (χ3v) is 1.86. The van der Waals surface area contributed by atoms with Crippen molar-refractivity contribution in [2.45, 2.75) is 12.3 Å². The van der Waals surface area contributed by atoms with Crippen molar-refractivity contribution in [3.05, 3.63) is 29.3 Å². The van der Waals surface area contributed by atoms with Crippen molar-refractivity contribution >= 4 is 18.3 Å². The molecule has 11 heavy (non-hydrogen) atoms. The summed E-state index contributed by atoms with van der Waals surface area (Å²) in [6, 6.07) is 5.81. The van der Waals surface area contributed by atoms with Crippen molar-refractivity contribution in [1.82, 2.24) is 0 Å². The van der Waals surface area contributed by atoms with Gasteiger partial charge in [0, 0.05) is 18.0 Å². The van der Waals surface area contributed by atoms with Crippen LogP contribution in [0.5, 0.6) is 0 Å². The van der Waals surface area contributed by atoms with Crippen LogP contribution in [0.3, 0.4) is 0 Å². The van der Waals surface area contributed by atoms with E-state index in [9.17, 15) is 0 Å². The molecule has 0 amide bonds. The SMILES string of the molecule is NCc1cc(N)cc(CS)c1. The van der Waals surface area contributed by atoms with E-state index in [-0.39, 0.29) is 0 Å². The number of hydrogen-bond donors (Lipinski definition) is 3. The predicted molar refractivity (Wildman–Crippen MR) is 51.4 cm³/mol. The molecule has 0 aliphatic heterocycles. The van der Waals surface area contributed by atoms with E-state index in [2.05, 4.69) is 12.6 Å². The average Bonchev–Trinajstić information content (AvgIpc) is 2.03. The highest BCUT2D eigenvalue weighted by Gasteiger charge is 1.95.